The smallest absolute Gasteiger partial charge is 0.222 e. The number of hydrogen-bond donors (Lipinski definition) is 3. The van der Waals surface area contributed by atoms with E-state index in [0.29, 0.717) is 11.6 Å². The van der Waals surface area contributed by atoms with Gasteiger partial charge in [0, 0.05) is 14.0 Å². The van der Waals surface area contributed by atoms with E-state index in [-0.39, 0.29) is 5.91 Å². The molecule has 0 heterocycles. The Morgan fingerprint density at radius 3 is 2.09 bits per heavy atom. The molecule has 0 atom stereocenters. The number of amides is 1. The van der Waals surface area contributed by atoms with Crippen molar-refractivity contribution in [1.82, 2.24) is 16.0 Å². The lowest BCUT2D eigenvalue weighted by Crippen LogP contribution is -2.31. The average Bonchev–Trinajstić information content (AvgIpc) is 1.85. The van der Waals surface area contributed by atoms with Gasteiger partial charge in [-0.05, 0) is 0 Å². The predicted octanol–water partition coefficient (Wildman–Crippen LogP) is -0.126. The van der Waals surface area contributed by atoms with Crippen molar-refractivity contribution in [2.75, 3.05) is 7.05 Å². The van der Waals surface area contributed by atoms with Crippen LogP contribution in [0.1, 0.15) is 6.92 Å². The van der Waals surface area contributed by atoms with Gasteiger partial charge in [-0.15, -0.1) is 0 Å². The fourth-order valence-corrected chi connectivity index (χ4v) is 0.488. The highest BCUT2D eigenvalue weighted by atomic mass is 16.1. The van der Waals surface area contributed by atoms with E-state index in [1.165, 1.54) is 6.92 Å². The molecule has 0 bridgehead atoms. The highest BCUT2D eigenvalue weighted by Crippen LogP contribution is 1.81. The summed E-state index contributed by atoms with van der Waals surface area (Å²) in [5, 5.41) is 7.94. The molecule has 0 aromatic rings. The van der Waals surface area contributed by atoms with Crippen molar-refractivity contribution in [3.8, 4) is 0 Å². The maximum atomic E-state index is 10.5. The van der Waals surface area contributed by atoms with E-state index in [4.69, 9.17) is 0 Å². The molecule has 62 valence electrons. The second-order valence-electron chi connectivity index (χ2n) is 2.01. The summed E-state index contributed by atoms with van der Waals surface area (Å²) in [4.78, 5) is 10.5. The van der Waals surface area contributed by atoms with Gasteiger partial charge in [-0.2, -0.15) is 0 Å². The summed E-state index contributed by atoms with van der Waals surface area (Å²) in [5.41, 5.74) is 0. The molecule has 4 nitrogen and oxygen atoms in total. The topological polar surface area (TPSA) is 53.2 Å². The molecule has 11 heavy (non-hydrogen) atoms. The summed E-state index contributed by atoms with van der Waals surface area (Å²) >= 11 is 0. The van der Waals surface area contributed by atoms with Gasteiger partial charge in [0.15, 0.2) is 0 Å². The third-order valence-corrected chi connectivity index (χ3v) is 0.930. The molecule has 0 aliphatic heterocycles. The Hall–Kier alpha value is -1.45. The van der Waals surface area contributed by atoms with Crippen molar-refractivity contribution in [3.05, 3.63) is 24.8 Å². The lowest BCUT2D eigenvalue weighted by molar-refractivity contribution is -0.118. The maximum Gasteiger partial charge on any atom is 0.222 e. The molecule has 0 aliphatic carbocycles. The Bertz CT molecular complexity index is 186. The first-order valence-corrected chi connectivity index (χ1v) is 3.16. The molecule has 3 N–H and O–H groups in total. The van der Waals surface area contributed by atoms with E-state index in [1.807, 2.05) is 0 Å². The van der Waals surface area contributed by atoms with Crippen LogP contribution in [0.15, 0.2) is 24.8 Å². The fraction of sp³-hybridized carbons (Fsp3) is 0.286. The Kier molecular flexibility index (Phi) is 3.80. The van der Waals surface area contributed by atoms with E-state index < -0.39 is 0 Å². The first-order valence-electron chi connectivity index (χ1n) is 3.16. The highest BCUT2D eigenvalue weighted by Gasteiger charge is 1.94. The lowest BCUT2D eigenvalue weighted by atomic mass is 10.6. The van der Waals surface area contributed by atoms with E-state index >= 15 is 0 Å². The van der Waals surface area contributed by atoms with Crippen LogP contribution in [-0.4, -0.2) is 13.0 Å². The van der Waals surface area contributed by atoms with Gasteiger partial charge in [-0.3, -0.25) is 4.79 Å². The molecule has 0 rings (SSSR count). The van der Waals surface area contributed by atoms with Crippen LogP contribution in [0.5, 0.6) is 0 Å². The standard InChI is InChI=1S/C7H13N3O/c1-5(8-4)9-6(2)10-7(3)11/h8-9H,1-2H2,3-4H3,(H,10,11). The van der Waals surface area contributed by atoms with Crippen LogP contribution in [0, 0.1) is 0 Å². The number of nitrogens with one attached hydrogen (secondary N) is 3. The van der Waals surface area contributed by atoms with E-state index in [1.54, 1.807) is 7.05 Å². The van der Waals surface area contributed by atoms with Gasteiger partial charge in [0.1, 0.15) is 5.82 Å². The molecule has 0 aromatic heterocycles. The first kappa shape index (κ1) is 9.55. The van der Waals surface area contributed by atoms with Crippen molar-refractivity contribution in [2.45, 2.75) is 6.92 Å². The second-order valence-corrected chi connectivity index (χ2v) is 2.01. The fourth-order valence-electron chi connectivity index (χ4n) is 0.488. The Morgan fingerprint density at radius 2 is 1.73 bits per heavy atom. The van der Waals surface area contributed by atoms with Gasteiger partial charge in [0.2, 0.25) is 5.91 Å². The highest BCUT2D eigenvalue weighted by molar-refractivity contribution is 5.74. The van der Waals surface area contributed by atoms with Gasteiger partial charge < -0.3 is 16.0 Å². The summed E-state index contributed by atoms with van der Waals surface area (Å²) in [6.07, 6.45) is 0. The molecule has 0 saturated heterocycles. The maximum absolute atomic E-state index is 10.5. The Labute approximate surface area is 66.4 Å². The number of carbonyl (C=O) groups excluding carboxylic acids is 1. The minimum Gasteiger partial charge on any atom is -0.375 e. The molecule has 0 aliphatic rings. The molecular formula is C7H13N3O. The van der Waals surface area contributed by atoms with Crippen LogP contribution >= 0.6 is 0 Å². The summed E-state index contributed by atoms with van der Waals surface area (Å²) in [6, 6.07) is 0. The third-order valence-electron chi connectivity index (χ3n) is 0.930. The molecule has 0 saturated carbocycles. The molecule has 0 aromatic carbocycles. The SMILES string of the molecule is C=C(NC)NC(=C)NC(C)=O. The van der Waals surface area contributed by atoms with Crippen LogP contribution in [0.4, 0.5) is 0 Å². The molecule has 0 spiro atoms. The van der Waals surface area contributed by atoms with Crippen LogP contribution in [0.2, 0.25) is 0 Å². The number of hydrogen-bond acceptors (Lipinski definition) is 3. The van der Waals surface area contributed by atoms with Crippen molar-refractivity contribution in [2.24, 2.45) is 0 Å². The normalized spacial score (nSPS) is 8.18. The Morgan fingerprint density at radius 1 is 1.18 bits per heavy atom. The van der Waals surface area contributed by atoms with Crippen molar-refractivity contribution < 1.29 is 4.79 Å². The predicted molar refractivity (Wildman–Crippen MR) is 44.3 cm³/mol. The van der Waals surface area contributed by atoms with Crippen LogP contribution in [-0.2, 0) is 4.79 Å². The minimum absolute atomic E-state index is 0.161. The van der Waals surface area contributed by atoms with Crippen LogP contribution in [0.3, 0.4) is 0 Å². The monoisotopic (exact) mass is 155 g/mol. The summed E-state index contributed by atoms with van der Waals surface area (Å²) in [5.74, 6) is 0.840. The number of carbonyl (C=O) groups is 1. The molecule has 0 fully saturated rings. The Balaban J connectivity index is 3.70. The van der Waals surface area contributed by atoms with Gasteiger partial charge in [-0.1, -0.05) is 13.2 Å². The minimum atomic E-state index is -0.161. The van der Waals surface area contributed by atoms with Gasteiger partial charge in [0.25, 0.3) is 0 Å². The van der Waals surface area contributed by atoms with Gasteiger partial charge in [-0.25, -0.2) is 0 Å². The summed E-state index contributed by atoms with van der Waals surface area (Å²) < 4.78 is 0. The molecule has 0 unspecified atom stereocenters. The van der Waals surface area contributed by atoms with Crippen molar-refractivity contribution in [3.63, 3.8) is 0 Å². The summed E-state index contributed by atoms with van der Waals surface area (Å²) in [7, 11) is 1.72. The van der Waals surface area contributed by atoms with E-state index in [2.05, 4.69) is 29.1 Å². The zero-order valence-corrected chi connectivity index (χ0v) is 6.82. The average molecular weight is 155 g/mol. The largest absolute Gasteiger partial charge is 0.375 e. The van der Waals surface area contributed by atoms with Gasteiger partial charge >= 0.3 is 0 Å². The second kappa shape index (κ2) is 4.38. The molecule has 0 radical (unpaired) electrons. The first-order chi connectivity index (χ1) is 5.06. The van der Waals surface area contributed by atoms with Gasteiger partial charge in [0.05, 0.1) is 5.82 Å². The lowest BCUT2D eigenvalue weighted by Gasteiger charge is -2.10. The molecular weight excluding hydrogens is 142 g/mol. The van der Waals surface area contributed by atoms with E-state index in [9.17, 15) is 4.79 Å². The van der Waals surface area contributed by atoms with Crippen molar-refractivity contribution in [1.29, 1.82) is 0 Å². The summed E-state index contributed by atoms with van der Waals surface area (Å²) in [6.45, 7) is 8.54. The van der Waals surface area contributed by atoms with Crippen molar-refractivity contribution >= 4 is 5.91 Å². The van der Waals surface area contributed by atoms with Crippen LogP contribution in [0.25, 0.3) is 0 Å². The number of rotatable bonds is 4. The van der Waals surface area contributed by atoms with E-state index in [0.717, 1.165) is 0 Å². The molecule has 1 amide bonds. The zero-order valence-electron chi connectivity index (χ0n) is 6.82. The molecule has 4 heteroatoms. The quantitative estimate of drug-likeness (QED) is 0.530. The van der Waals surface area contributed by atoms with Crippen LogP contribution < -0.4 is 16.0 Å². The zero-order chi connectivity index (χ0) is 8.85. The third kappa shape index (κ3) is 5.02.